The molecule has 22 heavy (non-hydrogen) atoms. The lowest BCUT2D eigenvalue weighted by atomic mass is 10.0. The highest BCUT2D eigenvalue weighted by Gasteiger charge is 2.28. The van der Waals surface area contributed by atoms with Crippen LogP contribution in [0.1, 0.15) is 42.5 Å². The van der Waals surface area contributed by atoms with E-state index in [1.807, 2.05) is 4.90 Å². The van der Waals surface area contributed by atoms with Gasteiger partial charge in [-0.15, -0.1) is 0 Å². The quantitative estimate of drug-likeness (QED) is 0.897. The lowest BCUT2D eigenvalue weighted by Crippen LogP contribution is -2.39. The maximum atomic E-state index is 14.3. The summed E-state index contributed by atoms with van der Waals surface area (Å²) in [5.41, 5.74) is 6.73. The molecule has 0 bridgehead atoms. The summed E-state index contributed by atoms with van der Waals surface area (Å²) in [6, 6.07) is 4.93. The average Bonchev–Trinajstić information content (AvgIpc) is 3.18. The summed E-state index contributed by atoms with van der Waals surface area (Å²) in [6.45, 7) is 2.37. The summed E-state index contributed by atoms with van der Waals surface area (Å²) in [6.07, 6.45) is 5.31. The molecule has 2 aliphatic rings. The highest BCUT2D eigenvalue weighted by atomic mass is 19.1. The standard InChI is InChI=1S/C17H24FN3O/c18-14-10-12(6-7-16(14)21-8-1-2-9-21)17(22)20-15-5-3-4-13(15)11-19/h6-7,10,13,15H,1-5,8-9,11,19H2,(H,20,22)/t13-,15-/m1/s1. The fourth-order valence-electron chi connectivity index (χ4n) is 3.62. The molecule has 0 aromatic heterocycles. The molecule has 0 unspecified atom stereocenters. The zero-order valence-corrected chi connectivity index (χ0v) is 12.9. The van der Waals surface area contributed by atoms with Gasteiger partial charge >= 0.3 is 0 Å². The Morgan fingerprint density at radius 2 is 2.05 bits per heavy atom. The molecule has 1 aliphatic carbocycles. The van der Waals surface area contributed by atoms with E-state index in [0.717, 1.165) is 45.2 Å². The van der Waals surface area contributed by atoms with Crippen LogP contribution in [0, 0.1) is 11.7 Å². The first-order valence-electron chi connectivity index (χ1n) is 8.24. The molecular formula is C17H24FN3O. The van der Waals surface area contributed by atoms with Crippen molar-refractivity contribution in [3.8, 4) is 0 Å². The van der Waals surface area contributed by atoms with E-state index >= 15 is 0 Å². The molecule has 1 aliphatic heterocycles. The third-order valence-electron chi connectivity index (χ3n) is 4.93. The Balaban J connectivity index is 1.69. The highest BCUT2D eigenvalue weighted by Crippen LogP contribution is 2.26. The molecule has 0 spiro atoms. The number of hydrogen-bond acceptors (Lipinski definition) is 3. The van der Waals surface area contributed by atoms with Crippen molar-refractivity contribution in [3.63, 3.8) is 0 Å². The van der Waals surface area contributed by atoms with Gasteiger partial charge in [0.15, 0.2) is 0 Å². The van der Waals surface area contributed by atoms with Crippen molar-refractivity contribution in [1.29, 1.82) is 0 Å². The molecule has 3 N–H and O–H groups in total. The number of anilines is 1. The second kappa shape index (κ2) is 6.65. The van der Waals surface area contributed by atoms with E-state index in [0.29, 0.717) is 23.7 Å². The number of benzene rings is 1. The first kappa shape index (κ1) is 15.3. The van der Waals surface area contributed by atoms with Crippen molar-refractivity contribution < 1.29 is 9.18 Å². The molecule has 1 heterocycles. The molecule has 3 rings (SSSR count). The van der Waals surface area contributed by atoms with Crippen LogP contribution in [0.3, 0.4) is 0 Å². The van der Waals surface area contributed by atoms with Gasteiger partial charge in [0.1, 0.15) is 5.82 Å². The van der Waals surface area contributed by atoms with E-state index in [1.165, 1.54) is 6.07 Å². The minimum Gasteiger partial charge on any atom is -0.369 e. The van der Waals surface area contributed by atoms with Gasteiger partial charge in [-0.3, -0.25) is 4.79 Å². The number of carbonyl (C=O) groups excluding carboxylic acids is 1. The molecular weight excluding hydrogens is 281 g/mol. The van der Waals surface area contributed by atoms with E-state index in [2.05, 4.69) is 5.32 Å². The molecule has 2 fully saturated rings. The molecule has 2 atom stereocenters. The third kappa shape index (κ3) is 3.09. The number of halogens is 1. The minimum atomic E-state index is -0.309. The largest absolute Gasteiger partial charge is 0.369 e. The summed E-state index contributed by atoms with van der Waals surface area (Å²) in [5, 5.41) is 3.01. The van der Waals surface area contributed by atoms with Crippen molar-refractivity contribution >= 4 is 11.6 Å². The fraction of sp³-hybridized carbons (Fsp3) is 0.588. The van der Waals surface area contributed by atoms with Crippen LogP contribution in [0.15, 0.2) is 18.2 Å². The first-order valence-corrected chi connectivity index (χ1v) is 8.24. The van der Waals surface area contributed by atoms with Crippen LogP contribution in [0.5, 0.6) is 0 Å². The molecule has 1 amide bonds. The lowest BCUT2D eigenvalue weighted by molar-refractivity contribution is 0.0928. The summed E-state index contributed by atoms with van der Waals surface area (Å²) >= 11 is 0. The summed E-state index contributed by atoms with van der Waals surface area (Å²) in [7, 11) is 0. The van der Waals surface area contributed by atoms with Gasteiger partial charge in [-0.25, -0.2) is 4.39 Å². The van der Waals surface area contributed by atoms with E-state index in [4.69, 9.17) is 5.73 Å². The van der Waals surface area contributed by atoms with Gasteiger partial charge in [-0.05, 0) is 56.3 Å². The van der Waals surface area contributed by atoms with Crippen LogP contribution in [0.2, 0.25) is 0 Å². The number of nitrogens with zero attached hydrogens (tertiary/aromatic N) is 1. The predicted molar refractivity (Wildman–Crippen MR) is 85.5 cm³/mol. The van der Waals surface area contributed by atoms with Gasteiger partial charge in [0.05, 0.1) is 5.69 Å². The minimum absolute atomic E-state index is 0.124. The smallest absolute Gasteiger partial charge is 0.251 e. The van der Waals surface area contributed by atoms with Gasteiger partial charge < -0.3 is 16.0 Å². The van der Waals surface area contributed by atoms with Crippen LogP contribution >= 0.6 is 0 Å². The Labute approximate surface area is 130 Å². The number of carbonyl (C=O) groups is 1. The molecule has 4 nitrogen and oxygen atoms in total. The predicted octanol–water partition coefficient (Wildman–Crippen LogP) is 2.28. The van der Waals surface area contributed by atoms with Gasteiger partial charge in [0, 0.05) is 24.7 Å². The Morgan fingerprint density at radius 1 is 1.27 bits per heavy atom. The SMILES string of the molecule is NC[C@H]1CCC[C@H]1NC(=O)c1ccc(N2CCCC2)c(F)c1. The Morgan fingerprint density at radius 3 is 2.73 bits per heavy atom. The molecule has 1 aromatic carbocycles. The normalized spacial score (nSPS) is 24.7. The molecule has 1 saturated heterocycles. The average molecular weight is 305 g/mol. The monoisotopic (exact) mass is 305 g/mol. The molecule has 1 saturated carbocycles. The maximum absolute atomic E-state index is 14.3. The Bertz CT molecular complexity index is 543. The van der Waals surface area contributed by atoms with Gasteiger partial charge in [0.25, 0.3) is 5.91 Å². The van der Waals surface area contributed by atoms with Crippen molar-refractivity contribution in [2.24, 2.45) is 11.7 Å². The zero-order valence-electron chi connectivity index (χ0n) is 12.9. The number of amides is 1. The van der Waals surface area contributed by atoms with E-state index in [1.54, 1.807) is 12.1 Å². The van der Waals surface area contributed by atoms with Crippen molar-refractivity contribution in [2.75, 3.05) is 24.5 Å². The summed E-state index contributed by atoms with van der Waals surface area (Å²) in [5.74, 6) is -0.161. The Kier molecular flexibility index (Phi) is 4.62. The van der Waals surface area contributed by atoms with Crippen LogP contribution in [-0.2, 0) is 0 Å². The molecule has 1 aromatic rings. The van der Waals surface area contributed by atoms with E-state index < -0.39 is 0 Å². The van der Waals surface area contributed by atoms with E-state index in [-0.39, 0.29) is 17.8 Å². The second-order valence-corrected chi connectivity index (χ2v) is 6.37. The van der Waals surface area contributed by atoms with Crippen molar-refractivity contribution in [3.05, 3.63) is 29.6 Å². The third-order valence-corrected chi connectivity index (χ3v) is 4.93. The first-order chi connectivity index (χ1) is 10.7. The fourth-order valence-corrected chi connectivity index (χ4v) is 3.62. The van der Waals surface area contributed by atoms with E-state index in [9.17, 15) is 9.18 Å². The Hall–Kier alpha value is -1.62. The second-order valence-electron chi connectivity index (χ2n) is 6.37. The van der Waals surface area contributed by atoms with Gasteiger partial charge in [-0.1, -0.05) is 6.42 Å². The summed E-state index contributed by atoms with van der Waals surface area (Å²) < 4.78 is 14.3. The molecule has 0 radical (unpaired) electrons. The number of nitrogens with one attached hydrogen (secondary N) is 1. The molecule has 120 valence electrons. The number of hydrogen-bond donors (Lipinski definition) is 2. The maximum Gasteiger partial charge on any atom is 0.251 e. The lowest BCUT2D eigenvalue weighted by Gasteiger charge is -2.21. The molecule has 5 heteroatoms. The van der Waals surface area contributed by atoms with Crippen LogP contribution in [-0.4, -0.2) is 31.6 Å². The van der Waals surface area contributed by atoms with Crippen LogP contribution in [0.25, 0.3) is 0 Å². The highest BCUT2D eigenvalue weighted by molar-refractivity contribution is 5.94. The number of nitrogens with two attached hydrogens (primary N) is 1. The van der Waals surface area contributed by atoms with Crippen LogP contribution in [0.4, 0.5) is 10.1 Å². The topological polar surface area (TPSA) is 58.4 Å². The van der Waals surface area contributed by atoms with Crippen molar-refractivity contribution in [2.45, 2.75) is 38.1 Å². The summed E-state index contributed by atoms with van der Waals surface area (Å²) in [4.78, 5) is 14.4. The van der Waals surface area contributed by atoms with Gasteiger partial charge in [0.2, 0.25) is 0 Å². The van der Waals surface area contributed by atoms with Gasteiger partial charge in [-0.2, -0.15) is 0 Å². The van der Waals surface area contributed by atoms with Crippen LogP contribution < -0.4 is 16.0 Å². The zero-order chi connectivity index (χ0) is 15.5. The number of rotatable bonds is 4. The van der Waals surface area contributed by atoms with Crippen molar-refractivity contribution in [1.82, 2.24) is 5.32 Å².